The Kier molecular flexibility index (Phi) is 9.60. The summed E-state index contributed by atoms with van der Waals surface area (Å²) in [6.45, 7) is 4.19. The number of rotatable bonds is 11. The summed E-state index contributed by atoms with van der Waals surface area (Å²) in [7, 11) is 1.61. The van der Waals surface area contributed by atoms with E-state index < -0.39 is 6.04 Å². The summed E-state index contributed by atoms with van der Waals surface area (Å²) >= 11 is 7.48. The highest BCUT2D eigenvalue weighted by molar-refractivity contribution is 8.13. The largest absolute Gasteiger partial charge is 0.497 e. The lowest BCUT2D eigenvalue weighted by Crippen LogP contribution is -2.42. The van der Waals surface area contributed by atoms with Gasteiger partial charge in [0.1, 0.15) is 28.9 Å². The van der Waals surface area contributed by atoms with Crippen LogP contribution in [0.4, 0.5) is 0 Å². The molecule has 0 spiro atoms. The Hall–Kier alpha value is -3.46. The third-order valence-corrected chi connectivity index (χ3v) is 5.94. The Labute approximate surface area is 213 Å². The van der Waals surface area contributed by atoms with Crippen molar-refractivity contribution in [3.63, 3.8) is 0 Å². The molecule has 9 heteroatoms. The van der Waals surface area contributed by atoms with E-state index in [9.17, 15) is 4.79 Å². The molecule has 180 valence electrons. The topological polar surface area (TPSA) is 100 Å². The van der Waals surface area contributed by atoms with Gasteiger partial charge >= 0.3 is 0 Å². The molecule has 0 aliphatic rings. The predicted octanol–water partition coefficient (Wildman–Crippen LogP) is 5.90. The van der Waals surface area contributed by atoms with E-state index in [2.05, 4.69) is 21.9 Å². The second-order valence-electron chi connectivity index (χ2n) is 7.25. The second-order valence-corrected chi connectivity index (χ2v) is 8.52. The molecule has 0 fully saturated rings. The number of hydrogen-bond donors (Lipinski definition) is 2. The van der Waals surface area contributed by atoms with Crippen LogP contribution in [0.3, 0.4) is 0 Å². The number of aliphatic imine (C=N–C) groups is 2. The number of carbonyl (C=O) groups is 1. The van der Waals surface area contributed by atoms with E-state index in [0.717, 1.165) is 23.1 Å². The lowest BCUT2D eigenvalue weighted by molar-refractivity contribution is 0.0971. The van der Waals surface area contributed by atoms with Gasteiger partial charge in [-0.15, -0.1) is 11.8 Å². The molecule has 7 nitrogen and oxygen atoms in total. The Morgan fingerprint density at radius 1 is 1.29 bits per heavy atom. The van der Waals surface area contributed by atoms with Crippen molar-refractivity contribution in [1.29, 1.82) is 5.41 Å². The molecule has 1 heterocycles. The van der Waals surface area contributed by atoms with Crippen molar-refractivity contribution >= 4 is 46.6 Å². The summed E-state index contributed by atoms with van der Waals surface area (Å²) in [5, 5.41) is 11.5. The highest BCUT2D eigenvalue weighted by Crippen LogP contribution is 2.29. The minimum Gasteiger partial charge on any atom is -0.497 e. The van der Waals surface area contributed by atoms with E-state index in [1.54, 1.807) is 19.2 Å². The minimum absolute atomic E-state index is 0.182. The van der Waals surface area contributed by atoms with Gasteiger partial charge < -0.3 is 14.6 Å². The van der Waals surface area contributed by atoms with E-state index in [1.807, 2.05) is 42.7 Å². The number of hydrogen-bond acceptors (Lipinski definition) is 8. The van der Waals surface area contributed by atoms with Crippen molar-refractivity contribution in [2.24, 2.45) is 9.98 Å². The fourth-order valence-corrected chi connectivity index (χ4v) is 4.14. The number of methoxy groups -OCH3 is 1. The highest BCUT2D eigenvalue weighted by Gasteiger charge is 2.28. The number of nitrogens with zero attached hydrogens (tertiary/aromatic N) is 2. The average Bonchev–Trinajstić information content (AvgIpc) is 3.37. The molecule has 0 bridgehead atoms. The number of carbonyl (C=O) groups excluding carboxylic acids is 1. The first-order valence-corrected chi connectivity index (χ1v) is 12.1. The van der Waals surface area contributed by atoms with Crippen LogP contribution >= 0.6 is 23.4 Å². The SMILES string of the molecule is C=C(/N=C\C=N)/N=C(\SC)C(NCc1cccc(OC)c1)C(=O)c1cocc1-c1cccc(Cl)c1. The molecule has 0 radical (unpaired) electrons. The van der Waals surface area contributed by atoms with Gasteiger partial charge in [-0.2, -0.15) is 0 Å². The molecule has 3 aromatic rings. The van der Waals surface area contributed by atoms with E-state index >= 15 is 0 Å². The molecule has 1 aromatic heterocycles. The van der Waals surface area contributed by atoms with Crippen LogP contribution in [0.5, 0.6) is 5.75 Å². The highest BCUT2D eigenvalue weighted by atomic mass is 35.5. The van der Waals surface area contributed by atoms with Gasteiger partial charge in [0.15, 0.2) is 5.78 Å². The molecular weight excluding hydrogens is 484 g/mol. The van der Waals surface area contributed by atoms with Crippen molar-refractivity contribution < 1.29 is 13.9 Å². The van der Waals surface area contributed by atoms with E-state index in [1.165, 1.54) is 30.5 Å². The van der Waals surface area contributed by atoms with Crippen LogP contribution in [-0.2, 0) is 6.54 Å². The summed E-state index contributed by atoms with van der Waals surface area (Å²) in [4.78, 5) is 22.3. The Morgan fingerprint density at radius 2 is 2.09 bits per heavy atom. The molecule has 0 saturated heterocycles. The molecule has 0 aliphatic heterocycles. The van der Waals surface area contributed by atoms with Crippen molar-refractivity contribution in [2.75, 3.05) is 13.4 Å². The minimum atomic E-state index is -0.807. The summed E-state index contributed by atoms with van der Waals surface area (Å²) in [6, 6.07) is 14.0. The van der Waals surface area contributed by atoms with Crippen LogP contribution in [0.2, 0.25) is 5.02 Å². The number of furan rings is 1. The van der Waals surface area contributed by atoms with Crippen molar-refractivity contribution in [2.45, 2.75) is 12.6 Å². The smallest absolute Gasteiger partial charge is 0.190 e. The van der Waals surface area contributed by atoms with E-state index in [-0.39, 0.29) is 11.6 Å². The summed E-state index contributed by atoms with van der Waals surface area (Å²) in [5.41, 5.74) is 2.73. The van der Waals surface area contributed by atoms with Crippen LogP contribution in [-0.4, -0.2) is 42.7 Å². The van der Waals surface area contributed by atoms with Crippen LogP contribution in [0.25, 0.3) is 11.1 Å². The van der Waals surface area contributed by atoms with Crippen LogP contribution in [0.15, 0.2) is 87.9 Å². The lowest BCUT2D eigenvalue weighted by Gasteiger charge is -2.19. The molecular formula is C26H25ClN4O3S. The molecule has 0 saturated carbocycles. The molecule has 3 rings (SSSR count). The van der Waals surface area contributed by atoms with Gasteiger partial charge in [-0.25, -0.2) is 9.98 Å². The van der Waals surface area contributed by atoms with Gasteiger partial charge in [0.05, 0.1) is 18.9 Å². The van der Waals surface area contributed by atoms with Gasteiger partial charge in [-0.1, -0.05) is 42.4 Å². The standard InChI is InChI=1S/C26H25ClN4O3S/c1-17(29-11-10-28)31-26(35-3)24(30-14-18-6-4-9-21(12-18)33-2)25(32)23-16-34-15-22(23)19-7-5-8-20(27)13-19/h4-13,15-16,24,28,30H,1,14H2,2-3H3/b28-10?,29-11-,31-26-. The van der Waals surface area contributed by atoms with Crippen LogP contribution < -0.4 is 10.1 Å². The van der Waals surface area contributed by atoms with Gasteiger partial charge in [0, 0.05) is 29.6 Å². The third kappa shape index (κ3) is 7.02. The quantitative estimate of drug-likeness (QED) is 0.191. The summed E-state index contributed by atoms with van der Waals surface area (Å²) in [5.74, 6) is 0.674. The van der Waals surface area contributed by atoms with E-state index in [0.29, 0.717) is 27.7 Å². The molecule has 0 amide bonds. The zero-order valence-electron chi connectivity index (χ0n) is 19.3. The molecule has 1 atom stereocenters. The molecule has 35 heavy (non-hydrogen) atoms. The maximum atomic E-state index is 13.8. The zero-order valence-corrected chi connectivity index (χ0v) is 20.9. The number of halogens is 1. The second kappa shape index (κ2) is 12.9. The first kappa shape index (κ1) is 26.2. The van der Waals surface area contributed by atoms with Crippen LogP contribution in [0, 0.1) is 5.41 Å². The fraction of sp³-hybridized carbons (Fsp3) is 0.154. The maximum Gasteiger partial charge on any atom is 0.190 e. The summed E-state index contributed by atoms with van der Waals surface area (Å²) < 4.78 is 10.7. The van der Waals surface area contributed by atoms with Gasteiger partial charge in [-0.05, 0) is 41.6 Å². The Balaban J connectivity index is 1.98. The molecule has 2 N–H and O–H groups in total. The monoisotopic (exact) mass is 508 g/mol. The fourth-order valence-electron chi connectivity index (χ4n) is 3.32. The van der Waals surface area contributed by atoms with Crippen molar-refractivity contribution in [3.8, 4) is 16.9 Å². The van der Waals surface area contributed by atoms with Crippen LogP contribution in [0.1, 0.15) is 15.9 Å². The first-order chi connectivity index (χ1) is 17.0. The number of ether oxygens (including phenoxy) is 1. The molecule has 0 aliphatic carbocycles. The number of benzene rings is 2. The Bertz CT molecular complexity index is 1270. The zero-order chi connectivity index (χ0) is 25.2. The summed E-state index contributed by atoms with van der Waals surface area (Å²) in [6.07, 6.45) is 7.09. The maximum absolute atomic E-state index is 13.8. The van der Waals surface area contributed by atoms with Crippen molar-refractivity contribution in [1.82, 2.24) is 5.32 Å². The number of thioether (sulfide) groups is 1. The average molecular weight is 509 g/mol. The molecule has 1 unspecified atom stereocenters. The van der Waals surface area contributed by atoms with Gasteiger partial charge in [-0.3, -0.25) is 10.1 Å². The van der Waals surface area contributed by atoms with E-state index in [4.69, 9.17) is 26.2 Å². The molecule has 2 aromatic carbocycles. The lowest BCUT2D eigenvalue weighted by atomic mass is 9.98. The Morgan fingerprint density at radius 3 is 2.80 bits per heavy atom. The number of nitrogens with one attached hydrogen (secondary N) is 2. The third-order valence-electron chi connectivity index (χ3n) is 4.96. The normalized spacial score (nSPS) is 12.5. The predicted molar refractivity (Wildman–Crippen MR) is 144 cm³/mol. The number of ketones is 1. The van der Waals surface area contributed by atoms with Gasteiger partial charge in [0.2, 0.25) is 0 Å². The van der Waals surface area contributed by atoms with Gasteiger partial charge in [0.25, 0.3) is 0 Å². The van der Waals surface area contributed by atoms with Crippen molar-refractivity contribution in [3.05, 3.63) is 89.6 Å². The first-order valence-electron chi connectivity index (χ1n) is 10.5. The number of Topliss-reactive ketones (excluding diaryl/α,β-unsaturated/α-hetero) is 1.